The van der Waals surface area contributed by atoms with Crippen LogP contribution >= 0.6 is 0 Å². The summed E-state index contributed by atoms with van der Waals surface area (Å²) in [6, 6.07) is 0. The van der Waals surface area contributed by atoms with Crippen LogP contribution in [0, 0.1) is 23.2 Å². The summed E-state index contributed by atoms with van der Waals surface area (Å²) in [6.45, 7) is 12.9. The van der Waals surface area contributed by atoms with E-state index in [1.807, 2.05) is 13.8 Å². The molecule has 0 spiro atoms. The van der Waals surface area contributed by atoms with Crippen LogP contribution in [-0.4, -0.2) is 21.9 Å². The van der Waals surface area contributed by atoms with Crippen LogP contribution < -0.4 is 0 Å². The van der Waals surface area contributed by atoms with Crippen LogP contribution in [0.15, 0.2) is 35.5 Å². The van der Waals surface area contributed by atoms with Gasteiger partial charge < -0.3 is 10.2 Å². The number of rotatable bonds is 6. The molecule has 0 radical (unpaired) electrons. The molecule has 29 heavy (non-hydrogen) atoms. The third-order valence-electron chi connectivity index (χ3n) is 8.40. The Morgan fingerprint density at radius 1 is 1.21 bits per heavy atom. The number of allylic oxidation sites excluding steroid dienone is 3. The average molecular weight is 401 g/mol. The molecule has 0 amide bonds. The molecule has 2 N–H and O–H groups in total. The Bertz CT molecular complexity index is 650. The van der Waals surface area contributed by atoms with Crippen LogP contribution in [0.2, 0.25) is 0 Å². The average Bonchev–Trinajstić information content (AvgIpc) is 2.99. The minimum absolute atomic E-state index is 0.342. The van der Waals surface area contributed by atoms with Gasteiger partial charge in [0.25, 0.3) is 0 Å². The second-order valence-electron chi connectivity index (χ2n) is 11.2. The number of hydrogen-bond acceptors (Lipinski definition) is 2. The number of hydrogen-bond donors (Lipinski definition) is 2. The summed E-state index contributed by atoms with van der Waals surface area (Å²) in [5.74, 6) is 2.29. The molecule has 0 saturated heterocycles. The molecule has 0 aliphatic heterocycles. The van der Waals surface area contributed by atoms with Crippen molar-refractivity contribution in [2.45, 2.75) is 110 Å². The summed E-state index contributed by atoms with van der Waals surface area (Å²) in [5.41, 5.74) is 3.96. The summed E-state index contributed by atoms with van der Waals surface area (Å²) in [4.78, 5) is 0. The van der Waals surface area contributed by atoms with Gasteiger partial charge in [-0.25, -0.2) is 0 Å². The second-order valence-corrected chi connectivity index (χ2v) is 11.2. The Morgan fingerprint density at radius 3 is 2.66 bits per heavy atom. The van der Waals surface area contributed by atoms with Gasteiger partial charge in [0.05, 0.1) is 11.7 Å². The quantitative estimate of drug-likeness (QED) is 0.485. The normalized spacial score (nSPS) is 37.2. The molecule has 0 aromatic heterocycles. The number of fused-ring (bicyclic) bond motifs is 1. The van der Waals surface area contributed by atoms with Crippen molar-refractivity contribution in [1.29, 1.82) is 0 Å². The summed E-state index contributed by atoms with van der Waals surface area (Å²) >= 11 is 0. The van der Waals surface area contributed by atoms with E-state index in [4.69, 9.17) is 0 Å². The Balaban J connectivity index is 1.65. The van der Waals surface area contributed by atoms with Crippen molar-refractivity contribution in [1.82, 2.24) is 0 Å². The minimum atomic E-state index is -0.533. The standard InChI is InChI=1S/C27H44O2/c1-19(8-6-16-26(3,4)29)23-14-15-24-22(9-7-17-27(23,24)5)13-12-21-11-10-20(2)25(28)18-21/h12-13,19,23-25,28-29H,2,6-11,14-18H2,1,3-5H3/b21-12+,22-13+/t19-,23+,24-,25+,27+/m0/s1. The van der Waals surface area contributed by atoms with Crippen molar-refractivity contribution in [3.63, 3.8) is 0 Å². The van der Waals surface area contributed by atoms with E-state index in [9.17, 15) is 10.2 Å². The zero-order valence-corrected chi connectivity index (χ0v) is 19.3. The molecule has 3 saturated carbocycles. The van der Waals surface area contributed by atoms with Gasteiger partial charge in [0.2, 0.25) is 0 Å². The highest BCUT2D eigenvalue weighted by Gasteiger charge is 2.50. The molecular formula is C27H44O2. The van der Waals surface area contributed by atoms with Crippen molar-refractivity contribution in [3.8, 4) is 0 Å². The third-order valence-corrected chi connectivity index (χ3v) is 8.40. The second kappa shape index (κ2) is 9.10. The maximum absolute atomic E-state index is 10.1. The Morgan fingerprint density at radius 2 is 1.97 bits per heavy atom. The van der Waals surface area contributed by atoms with Crippen molar-refractivity contribution in [2.75, 3.05) is 0 Å². The third kappa shape index (κ3) is 5.44. The SMILES string of the molecule is C=C1CC/C(=C\C=C2/CCC[C@]3(C)[C@@H]([C@@H](C)CCCC(C)(C)O)CC[C@@H]23)C[C@H]1O. The highest BCUT2D eigenvalue weighted by Crippen LogP contribution is 2.59. The molecule has 0 bridgehead atoms. The molecule has 3 rings (SSSR count). The number of aliphatic hydroxyl groups is 2. The van der Waals surface area contributed by atoms with Crippen LogP contribution in [0.5, 0.6) is 0 Å². The van der Waals surface area contributed by atoms with Crippen LogP contribution in [-0.2, 0) is 0 Å². The molecule has 5 atom stereocenters. The smallest absolute Gasteiger partial charge is 0.0784 e. The van der Waals surface area contributed by atoms with E-state index in [2.05, 4.69) is 32.6 Å². The Hall–Kier alpha value is -0.860. The van der Waals surface area contributed by atoms with Crippen molar-refractivity contribution in [3.05, 3.63) is 35.5 Å². The van der Waals surface area contributed by atoms with E-state index in [0.29, 0.717) is 5.41 Å². The predicted molar refractivity (Wildman–Crippen MR) is 123 cm³/mol. The first kappa shape index (κ1) is 22.8. The minimum Gasteiger partial charge on any atom is -0.390 e. The topological polar surface area (TPSA) is 40.5 Å². The van der Waals surface area contributed by atoms with Gasteiger partial charge in [-0.1, -0.05) is 56.6 Å². The molecule has 164 valence electrons. The van der Waals surface area contributed by atoms with Gasteiger partial charge in [0.15, 0.2) is 0 Å². The summed E-state index contributed by atoms with van der Waals surface area (Å²) < 4.78 is 0. The zero-order valence-electron chi connectivity index (χ0n) is 19.3. The molecule has 2 heteroatoms. The lowest BCUT2D eigenvalue weighted by atomic mass is 9.60. The highest BCUT2D eigenvalue weighted by atomic mass is 16.3. The molecule has 0 aromatic carbocycles. The lowest BCUT2D eigenvalue weighted by Gasteiger charge is -2.44. The molecule has 0 heterocycles. The molecule has 0 unspecified atom stereocenters. The first-order valence-electron chi connectivity index (χ1n) is 12.1. The fraction of sp³-hybridized carbons (Fsp3) is 0.778. The van der Waals surface area contributed by atoms with Crippen LogP contribution in [0.3, 0.4) is 0 Å². The van der Waals surface area contributed by atoms with E-state index in [1.54, 1.807) is 5.57 Å². The highest BCUT2D eigenvalue weighted by molar-refractivity contribution is 5.28. The molecule has 0 aromatic rings. The lowest BCUT2D eigenvalue weighted by molar-refractivity contribution is 0.0596. The van der Waals surface area contributed by atoms with Gasteiger partial charge in [-0.15, -0.1) is 0 Å². The molecular weight excluding hydrogens is 356 g/mol. The lowest BCUT2D eigenvalue weighted by Crippen LogP contribution is -2.36. The van der Waals surface area contributed by atoms with E-state index in [1.165, 1.54) is 44.1 Å². The fourth-order valence-electron chi connectivity index (χ4n) is 6.63. The van der Waals surface area contributed by atoms with E-state index in [-0.39, 0.29) is 6.10 Å². The largest absolute Gasteiger partial charge is 0.390 e. The maximum Gasteiger partial charge on any atom is 0.0784 e. The fourth-order valence-corrected chi connectivity index (χ4v) is 6.63. The molecule has 3 aliphatic rings. The molecule has 2 nitrogen and oxygen atoms in total. The maximum atomic E-state index is 10.1. The van der Waals surface area contributed by atoms with Crippen LogP contribution in [0.1, 0.15) is 98.3 Å². The van der Waals surface area contributed by atoms with Gasteiger partial charge >= 0.3 is 0 Å². The van der Waals surface area contributed by atoms with Gasteiger partial charge in [0.1, 0.15) is 0 Å². The van der Waals surface area contributed by atoms with E-state index in [0.717, 1.165) is 55.4 Å². The molecule has 3 aliphatic carbocycles. The van der Waals surface area contributed by atoms with E-state index >= 15 is 0 Å². The van der Waals surface area contributed by atoms with Crippen molar-refractivity contribution >= 4 is 0 Å². The van der Waals surface area contributed by atoms with Crippen molar-refractivity contribution < 1.29 is 10.2 Å². The van der Waals surface area contributed by atoms with Gasteiger partial charge in [0, 0.05) is 0 Å². The first-order chi connectivity index (χ1) is 13.6. The zero-order chi connectivity index (χ0) is 21.2. The van der Waals surface area contributed by atoms with Gasteiger partial charge in [-0.3, -0.25) is 0 Å². The monoisotopic (exact) mass is 400 g/mol. The van der Waals surface area contributed by atoms with E-state index < -0.39 is 5.60 Å². The molecule has 3 fully saturated rings. The number of aliphatic hydroxyl groups excluding tert-OH is 1. The Kier molecular flexibility index (Phi) is 7.16. The van der Waals surface area contributed by atoms with Crippen LogP contribution in [0.4, 0.5) is 0 Å². The summed E-state index contributed by atoms with van der Waals surface area (Å²) in [6.07, 6.45) is 17.1. The first-order valence-corrected chi connectivity index (χ1v) is 12.1. The van der Waals surface area contributed by atoms with Crippen molar-refractivity contribution in [2.24, 2.45) is 23.2 Å². The van der Waals surface area contributed by atoms with Gasteiger partial charge in [-0.2, -0.15) is 0 Å². The Labute approximate surface area is 179 Å². The summed E-state index contributed by atoms with van der Waals surface area (Å²) in [5, 5.41) is 20.1. The predicted octanol–water partition coefficient (Wildman–Crippen LogP) is 6.73. The summed E-state index contributed by atoms with van der Waals surface area (Å²) in [7, 11) is 0. The van der Waals surface area contributed by atoms with Crippen LogP contribution in [0.25, 0.3) is 0 Å². The van der Waals surface area contributed by atoms with Gasteiger partial charge in [-0.05, 0) is 100 Å².